The minimum Gasteiger partial charge on any atom is -0.406 e. The molecule has 1 aromatic rings. The molecule has 6 heteroatoms. The third-order valence-corrected chi connectivity index (χ3v) is 4.86. The first kappa shape index (κ1) is 15.5. The van der Waals surface area contributed by atoms with Crippen LogP contribution in [-0.2, 0) is 6.42 Å². The minimum absolute atomic E-state index is 0.0506. The molecule has 1 fully saturated rings. The lowest BCUT2D eigenvalue weighted by atomic mass is 10.0. The van der Waals surface area contributed by atoms with Gasteiger partial charge in [0.1, 0.15) is 5.75 Å². The summed E-state index contributed by atoms with van der Waals surface area (Å²) in [7, 11) is 0. The zero-order valence-electron chi connectivity index (χ0n) is 11.0. The Morgan fingerprint density at radius 2 is 1.95 bits per heavy atom. The van der Waals surface area contributed by atoms with Crippen LogP contribution in [0.1, 0.15) is 24.8 Å². The number of rotatable bonds is 4. The fraction of sp³-hybridized carbons (Fsp3) is 0.571. The Bertz CT molecular complexity index is 415. The molecule has 112 valence electrons. The first-order valence-electron chi connectivity index (χ1n) is 6.66. The lowest BCUT2D eigenvalue weighted by Crippen LogP contribution is -2.36. The maximum Gasteiger partial charge on any atom is 0.573 e. The molecule has 0 saturated carbocycles. The molecule has 1 aromatic carbocycles. The molecule has 2 N–H and O–H groups in total. The van der Waals surface area contributed by atoms with Gasteiger partial charge in [-0.1, -0.05) is 18.6 Å². The highest BCUT2D eigenvalue weighted by molar-refractivity contribution is 8.00. The molecule has 0 amide bonds. The Morgan fingerprint density at radius 3 is 2.50 bits per heavy atom. The summed E-state index contributed by atoms with van der Waals surface area (Å²) in [6.45, 7) is 0. The second kappa shape index (κ2) is 6.72. The molecule has 2 nitrogen and oxygen atoms in total. The van der Waals surface area contributed by atoms with Crippen LogP contribution in [0.15, 0.2) is 24.3 Å². The van der Waals surface area contributed by atoms with E-state index in [0.717, 1.165) is 17.7 Å². The molecular weight excluding hydrogens is 287 g/mol. The molecule has 20 heavy (non-hydrogen) atoms. The molecule has 1 aliphatic rings. The van der Waals surface area contributed by atoms with Crippen LogP contribution in [0.2, 0.25) is 0 Å². The highest BCUT2D eigenvalue weighted by atomic mass is 32.2. The summed E-state index contributed by atoms with van der Waals surface area (Å²) in [5.41, 5.74) is 7.13. The minimum atomic E-state index is -4.64. The van der Waals surface area contributed by atoms with Gasteiger partial charge in [-0.25, -0.2) is 0 Å². The molecule has 1 aliphatic heterocycles. The van der Waals surface area contributed by atoms with E-state index in [1.807, 2.05) is 11.8 Å². The molecule has 0 aliphatic carbocycles. The van der Waals surface area contributed by atoms with Gasteiger partial charge < -0.3 is 10.5 Å². The molecular formula is C14H18F3NOS. The first-order chi connectivity index (χ1) is 9.44. The van der Waals surface area contributed by atoms with Crippen LogP contribution in [0.3, 0.4) is 0 Å². The van der Waals surface area contributed by atoms with Gasteiger partial charge in [-0.2, -0.15) is 11.8 Å². The average Bonchev–Trinajstić information content (AvgIpc) is 2.40. The molecule has 1 saturated heterocycles. The molecule has 2 rings (SSSR count). The van der Waals surface area contributed by atoms with Crippen molar-refractivity contribution in [2.45, 2.75) is 43.3 Å². The van der Waals surface area contributed by atoms with Crippen molar-refractivity contribution in [1.82, 2.24) is 0 Å². The summed E-state index contributed by atoms with van der Waals surface area (Å²) in [4.78, 5) is 0. The van der Waals surface area contributed by atoms with Crippen molar-refractivity contribution in [2.75, 3.05) is 5.75 Å². The first-order valence-corrected chi connectivity index (χ1v) is 7.71. The van der Waals surface area contributed by atoms with Crippen LogP contribution in [0, 0.1) is 0 Å². The number of nitrogens with two attached hydrogens (primary N) is 1. The predicted molar refractivity (Wildman–Crippen MR) is 74.9 cm³/mol. The standard InChI is InChI=1S/C14H18F3NOS/c15-14(16,17)19-11-6-4-10(5-7-11)9-12(18)13-3-1-2-8-20-13/h4-7,12-13H,1-3,8-9,18H2. The second-order valence-corrected chi connectivity index (χ2v) is 6.31. The number of hydrogen-bond donors (Lipinski definition) is 1. The zero-order chi connectivity index (χ0) is 14.6. The fourth-order valence-electron chi connectivity index (χ4n) is 2.33. The van der Waals surface area contributed by atoms with E-state index in [1.165, 1.54) is 25.0 Å². The maximum atomic E-state index is 12.0. The van der Waals surface area contributed by atoms with Crippen LogP contribution in [0.4, 0.5) is 13.2 Å². The molecule has 0 aromatic heterocycles. The van der Waals surface area contributed by atoms with E-state index < -0.39 is 6.36 Å². The zero-order valence-corrected chi connectivity index (χ0v) is 11.8. The van der Waals surface area contributed by atoms with Crippen molar-refractivity contribution in [1.29, 1.82) is 0 Å². The number of alkyl halides is 3. The van der Waals surface area contributed by atoms with Gasteiger partial charge in [0, 0.05) is 11.3 Å². The van der Waals surface area contributed by atoms with Crippen molar-refractivity contribution in [2.24, 2.45) is 5.73 Å². The third-order valence-electron chi connectivity index (χ3n) is 3.32. The third kappa shape index (κ3) is 4.90. The van der Waals surface area contributed by atoms with E-state index in [0.29, 0.717) is 11.7 Å². The van der Waals surface area contributed by atoms with E-state index in [4.69, 9.17) is 5.73 Å². The Hall–Kier alpha value is -0.880. The molecule has 1 heterocycles. The Morgan fingerprint density at radius 1 is 1.25 bits per heavy atom. The van der Waals surface area contributed by atoms with E-state index in [1.54, 1.807) is 12.1 Å². The number of halogens is 3. The van der Waals surface area contributed by atoms with Gasteiger partial charge in [-0.3, -0.25) is 0 Å². The lowest BCUT2D eigenvalue weighted by molar-refractivity contribution is -0.274. The highest BCUT2D eigenvalue weighted by Gasteiger charge is 2.31. The monoisotopic (exact) mass is 305 g/mol. The van der Waals surface area contributed by atoms with Gasteiger partial charge in [0.25, 0.3) is 0 Å². The Kier molecular flexibility index (Phi) is 5.21. The van der Waals surface area contributed by atoms with Gasteiger partial charge >= 0.3 is 6.36 Å². The normalized spacial score (nSPS) is 21.5. The molecule has 0 spiro atoms. The summed E-state index contributed by atoms with van der Waals surface area (Å²) in [6, 6.07) is 6.02. The van der Waals surface area contributed by atoms with Gasteiger partial charge in [-0.15, -0.1) is 13.2 Å². The summed E-state index contributed by atoms with van der Waals surface area (Å²) < 4.78 is 40.0. The van der Waals surface area contributed by atoms with E-state index in [-0.39, 0.29) is 11.8 Å². The SMILES string of the molecule is NC(Cc1ccc(OC(F)(F)F)cc1)C1CCCCS1. The Labute approximate surface area is 120 Å². The number of ether oxygens (including phenoxy) is 1. The lowest BCUT2D eigenvalue weighted by Gasteiger charge is -2.27. The van der Waals surface area contributed by atoms with Gasteiger partial charge in [0.15, 0.2) is 0 Å². The van der Waals surface area contributed by atoms with Crippen LogP contribution in [0.5, 0.6) is 5.75 Å². The number of thioether (sulfide) groups is 1. The summed E-state index contributed by atoms with van der Waals surface area (Å²) >= 11 is 1.90. The largest absolute Gasteiger partial charge is 0.573 e. The van der Waals surface area contributed by atoms with Gasteiger partial charge in [0.05, 0.1) is 0 Å². The van der Waals surface area contributed by atoms with Crippen molar-refractivity contribution in [3.63, 3.8) is 0 Å². The van der Waals surface area contributed by atoms with Crippen LogP contribution in [0.25, 0.3) is 0 Å². The Balaban J connectivity index is 1.89. The smallest absolute Gasteiger partial charge is 0.406 e. The average molecular weight is 305 g/mol. The maximum absolute atomic E-state index is 12.0. The van der Waals surface area contributed by atoms with Crippen molar-refractivity contribution >= 4 is 11.8 Å². The summed E-state index contributed by atoms with van der Waals surface area (Å²) in [5, 5.41) is 0.454. The quantitative estimate of drug-likeness (QED) is 0.920. The van der Waals surface area contributed by atoms with Crippen LogP contribution in [-0.4, -0.2) is 23.4 Å². The highest BCUT2D eigenvalue weighted by Crippen LogP contribution is 2.28. The molecule has 2 unspecified atom stereocenters. The van der Waals surface area contributed by atoms with Crippen molar-refractivity contribution in [3.8, 4) is 5.75 Å². The summed E-state index contributed by atoms with van der Waals surface area (Å²) in [6.07, 6.45) is -0.372. The number of hydrogen-bond acceptors (Lipinski definition) is 3. The van der Waals surface area contributed by atoms with E-state index >= 15 is 0 Å². The molecule has 0 bridgehead atoms. The van der Waals surface area contributed by atoms with E-state index in [2.05, 4.69) is 4.74 Å². The second-order valence-electron chi connectivity index (χ2n) is 4.96. The van der Waals surface area contributed by atoms with Crippen molar-refractivity contribution < 1.29 is 17.9 Å². The van der Waals surface area contributed by atoms with Gasteiger partial charge in [-0.05, 0) is 42.7 Å². The van der Waals surface area contributed by atoms with Crippen LogP contribution < -0.4 is 10.5 Å². The number of benzene rings is 1. The topological polar surface area (TPSA) is 35.2 Å². The predicted octanol–water partition coefficient (Wildman–Crippen LogP) is 3.74. The van der Waals surface area contributed by atoms with Gasteiger partial charge in [0.2, 0.25) is 0 Å². The molecule has 0 radical (unpaired) electrons. The fourth-order valence-corrected chi connectivity index (χ4v) is 3.68. The summed E-state index contributed by atoms with van der Waals surface area (Å²) in [5.74, 6) is 0.957. The molecule has 2 atom stereocenters. The van der Waals surface area contributed by atoms with Crippen molar-refractivity contribution in [3.05, 3.63) is 29.8 Å². The van der Waals surface area contributed by atoms with E-state index in [9.17, 15) is 13.2 Å². The van der Waals surface area contributed by atoms with Crippen LogP contribution >= 0.6 is 11.8 Å².